The van der Waals surface area contributed by atoms with Crippen molar-refractivity contribution in [2.75, 3.05) is 26.2 Å². The molecule has 0 spiro atoms. The van der Waals surface area contributed by atoms with E-state index in [1.54, 1.807) is 0 Å². The molecule has 4 aliphatic carbocycles. The molecule has 5 rings (SSSR count). The maximum atomic E-state index is 13.0. The second-order valence-electron chi connectivity index (χ2n) is 11.9. The summed E-state index contributed by atoms with van der Waals surface area (Å²) in [5, 5.41) is 3.13. The topological polar surface area (TPSA) is 75.7 Å². The normalized spacial score (nSPS) is 33.1. The molecule has 1 N–H and O–H groups in total. The van der Waals surface area contributed by atoms with Crippen LogP contribution in [0, 0.1) is 46.8 Å². The quantitative estimate of drug-likeness (QED) is 0.632. The summed E-state index contributed by atoms with van der Waals surface area (Å²) < 4.78 is 5.48. The fourth-order valence-corrected chi connectivity index (χ4v) is 7.42. The van der Waals surface area contributed by atoms with Crippen molar-refractivity contribution in [3.05, 3.63) is 0 Å². The number of nitrogens with zero attached hydrogens (tertiary/aromatic N) is 1. The first-order valence-electron chi connectivity index (χ1n) is 12.9. The molecule has 1 aliphatic heterocycles. The van der Waals surface area contributed by atoms with Crippen LogP contribution in [0.5, 0.6) is 0 Å². The summed E-state index contributed by atoms with van der Waals surface area (Å²) in [5.41, 5.74) is -0.388. The Kier molecular flexibility index (Phi) is 6.88. The van der Waals surface area contributed by atoms with Crippen LogP contribution in [0.15, 0.2) is 0 Å². The van der Waals surface area contributed by atoms with Gasteiger partial charge in [-0.2, -0.15) is 0 Å². The number of carbonyl (C=O) groups is 3. The van der Waals surface area contributed by atoms with E-state index in [0.717, 1.165) is 11.8 Å². The molecule has 1 atom stereocenters. The third kappa shape index (κ3) is 4.84. The Labute approximate surface area is 193 Å². The molecule has 5 fully saturated rings. The van der Waals surface area contributed by atoms with E-state index in [2.05, 4.69) is 5.32 Å². The second kappa shape index (κ2) is 9.34. The third-order valence-electron chi connectivity index (χ3n) is 8.64. The molecule has 4 saturated carbocycles. The predicted octanol–water partition coefficient (Wildman–Crippen LogP) is 3.64. The van der Waals surface area contributed by atoms with E-state index in [1.807, 2.05) is 32.6 Å². The van der Waals surface area contributed by atoms with Gasteiger partial charge in [0.05, 0.1) is 12.5 Å². The average Bonchev–Trinajstić information content (AvgIpc) is 2.74. The lowest BCUT2D eigenvalue weighted by atomic mass is 9.49. The highest BCUT2D eigenvalue weighted by molar-refractivity contribution is 5.83. The van der Waals surface area contributed by atoms with Gasteiger partial charge in [0.25, 0.3) is 0 Å². The zero-order valence-electron chi connectivity index (χ0n) is 20.4. The number of likely N-dealkylation sites (tertiary alicyclic amines) is 1. The van der Waals surface area contributed by atoms with Gasteiger partial charge in [0.2, 0.25) is 11.8 Å². The predicted molar refractivity (Wildman–Crippen MR) is 122 cm³/mol. The van der Waals surface area contributed by atoms with Gasteiger partial charge in [-0.1, -0.05) is 20.8 Å². The van der Waals surface area contributed by atoms with Crippen LogP contribution in [0.1, 0.15) is 72.6 Å². The van der Waals surface area contributed by atoms with Crippen molar-refractivity contribution in [3.63, 3.8) is 0 Å². The van der Waals surface area contributed by atoms with Crippen molar-refractivity contribution in [3.8, 4) is 0 Å². The lowest BCUT2D eigenvalue weighted by molar-refractivity contribution is -0.157. The Hall–Kier alpha value is -1.59. The largest absolute Gasteiger partial charge is 0.466 e. The van der Waals surface area contributed by atoms with Crippen LogP contribution in [0.3, 0.4) is 0 Å². The van der Waals surface area contributed by atoms with Gasteiger partial charge < -0.3 is 15.0 Å². The summed E-state index contributed by atoms with van der Waals surface area (Å²) in [6, 6.07) is 0. The van der Waals surface area contributed by atoms with Crippen LogP contribution >= 0.6 is 0 Å². The Morgan fingerprint density at radius 2 is 1.53 bits per heavy atom. The number of ether oxygens (including phenoxy) is 1. The van der Waals surface area contributed by atoms with Gasteiger partial charge in [-0.3, -0.25) is 14.4 Å². The lowest BCUT2D eigenvalue weighted by Gasteiger charge is -2.56. The van der Waals surface area contributed by atoms with Gasteiger partial charge in [0.15, 0.2) is 0 Å². The number of hydrogen-bond acceptors (Lipinski definition) is 4. The van der Waals surface area contributed by atoms with Crippen LogP contribution in [0.4, 0.5) is 0 Å². The summed E-state index contributed by atoms with van der Waals surface area (Å²) in [6.07, 6.45) is 7.77. The van der Waals surface area contributed by atoms with E-state index >= 15 is 0 Å². The van der Waals surface area contributed by atoms with Gasteiger partial charge in [-0.25, -0.2) is 0 Å². The molecular formula is C26H42N2O4. The van der Waals surface area contributed by atoms with Gasteiger partial charge >= 0.3 is 5.97 Å². The molecule has 0 radical (unpaired) electrons. The SMILES string of the molecule is CCOC(=O)[C@H](CNC(=O)C1CCN(C(=O)C(C)(C)C)CC1)C1C2CC3CC(C2)CC1C3. The zero-order valence-corrected chi connectivity index (χ0v) is 20.4. The van der Waals surface area contributed by atoms with Crippen LogP contribution in [0.25, 0.3) is 0 Å². The van der Waals surface area contributed by atoms with Gasteiger partial charge in [-0.05, 0) is 81.5 Å². The maximum Gasteiger partial charge on any atom is 0.311 e. The number of esters is 1. The first-order chi connectivity index (χ1) is 15.2. The highest BCUT2D eigenvalue weighted by Gasteiger charge is 2.52. The molecule has 0 unspecified atom stereocenters. The Morgan fingerprint density at radius 1 is 0.969 bits per heavy atom. The molecule has 180 valence electrons. The molecule has 6 nitrogen and oxygen atoms in total. The van der Waals surface area contributed by atoms with Gasteiger partial charge in [-0.15, -0.1) is 0 Å². The van der Waals surface area contributed by atoms with E-state index in [-0.39, 0.29) is 35.0 Å². The summed E-state index contributed by atoms with van der Waals surface area (Å²) in [5.74, 6) is 3.04. The molecule has 1 saturated heterocycles. The Bertz CT molecular complexity index is 692. The second-order valence-corrected chi connectivity index (χ2v) is 11.9. The molecule has 6 heteroatoms. The molecule has 0 aromatic heterocycles. The summed E-state index contributed by atoms with van der Waals surface area (Å²) >= 11 is 0. The number of nitrogens with one attached hydrogen (secondary N) is 1. The minimum absolute atomic E-state index is 0.0333. The molecule has 0 aromatic rings. The summed E-state index contributed by atoms with van der Waals surface area (Å²) in [4.78, 5) is 40.3. The standard InChI is InChI=1S/C26H42N2O4/c1-5-32-24(30)21(22-19-11-16-10-17(13-19)14-20(22)12-16)15-27-23(29)18-6-8-28(9-7-18)25(31)26(2,3)4/h16-22H,5-15H2,1-4H3,(H,27,29)/t16?,17?,19?,20?,21-,22?/m1/s1. The number of hydrogen-bond donors (Lipinski definition) is 1. The highest BCUT2D eigenvalue weighted by Crippen LogP contribution is 2.58. The molecule has 5 aliphatic rings. The van der Waals surface area contributed by atoms with Crippen molar-refractivity contribution >= 4 is 17.8 Å². The zero-order chi connectivity index (χ0) is 23.0. The third-order valence-corrected chi connectivity index (χ3v) is 8.64. The number of amides is 2. The molecule has 4 bridgehead atoms. The Morgan fingerprint density at radius 3 is 2.03 bits per heavy atom. The maximum absolute atomic E-state index is 13.0. The fraction of sp³-hybridized carbons (Fsp3) is 0.885. The van der Waals surface area contributed by atoms with Crippen molar-refractivity contribution in [2.24, 2.45) is 46.8 Å². The highest BCUT2D eigenvalue weighted by atomic mass is 16.5. The van der Waals surface area contributed by atoms with Gasteiger partial charge in [0.1, 0.15) is 0 Å². The van der Waals surface area contributed by atoms with E-state index in [0.29, 0.717) is 56.8 Å². The first-order valence-corrected chi connectivity index (χ1v) is 12.9. The van der Waals surface area contributed by atoms with Crippen LogP contribution < -0.4 is 5.32 Å². The van der Waals surface area contributed by atoms with Crippen LogP contribution in [-0.4, -0.2) is 48.9 Å². The van der Waals surface area contributed by atoms with Crippen LogP contribution in [0.2, 0.25) is 0 Å². The number of piperidine rings is 1. The van der Waals surface area contributed by atoms with Crippen molar-refractivity contribution in [2.45, 2.75) is 72.6 Å². The minimum Gasteiger partial charge on any atom is -0.466 e. The molecule has 0 aromatic carbocycles. The number of carbonyl (C=O) groups excluding carboxylic acids is 3. The first kappa shape index (κ1) is 23.6. The van der Waals surface area contributed by atoms with E-state index in [9.17, 15) is 14.4 Å². The summed E-state index contributed by atoms with van der Waals surface area (Å²) in [6.45, 7) is 9.71. The molecule has 32 heavy (non-hydrogen) atoms. The van der Waals surface area contributed by atoms with Crippen molar-refractivity contribution in [1.29, 1.82) is 0 Å². The van der Waals surface area contributed by atoms with E-state index < -0.39 is 0 Å². The molecule has 2 amide bonds. The average molecular weight is 447 g/mol. The fourth-order valence-electron chi connectivity index (χ4n) is 7.42. The number of rotatable bonds is 6. The molecular weight excluding hydrogens is 404 g/mol. The lowest BCUT2D eigenvalue weighted by Crippen LogP contribution is -2.52. The van der Waals surface area contributed by atoms with E-state index in [4.69, 9.17) is 4.74 Å². The van der Waals surface area contributed by atoms with Crippen molar-refractivity contribution in [1.82, 2.24) is 10.2 Å². The Balaban J connectivity index is 1.34. The van der Waals surface area contributed by atoms with Gasteiger partial charge in [0, 0.05) is 31.0 Å². The summed E-state index contributed by atoms with van der Waals surface area (Å²) in [7, 11) is 0. The smallest absolute Gasteiger partial charge is 0.311 e. The van der Waals surface area contributed by atoms with E-state index in [1.165, 1.54) is 32.1 Å². The van der Waals surface area contributed by atoms with Crippen molar-refractivity contribution < 1.29 is 19.1 Å². The van der Waals surface area contributed by atoms with Crippen LogP contribution in [-0.2, 0) is 19.1 Å². The minimum atomic E-state index is -0.388. The monoisotopic (exact) mass is 446 g/mol. The molecule has 1 heterocycles.